The van der Waals surface area contributed by atoms with Gasteiger partial charge in [-0.05, 0) is 37.9 Å². The van der Waals surface area contributed by atoms with Crippen LogP contribution in [-0.4, -0.2) is 59.3 Å². The van der Waals surface area contributed by atoms with Crippen molar-refractivity contribution in [2.45, 2.75) is 43.8 Å². The lowest BCUT2D eigenvalue weighted by atomic mass is 9.89. The van der Waals surface area contributed by atoms with Crippen molar-refractivity contribution in [1.82, 2.24) is 19.5 Å². The highest BCUT2D eigenvalue weighted by Gasteiger charge is 2.63. The number of nitrogens with one attached hydrogen (secondary N) is 1. The van der Waals surface area contributed by atoms with Crippen LogP contribution in [0.1, 0.15) is 24.8 Å². The van der Waals surface area contributed by atoms with Gasteiger partial charge in [-0.15, -0.1) is 0 Å². The molecule has 23 heavy (non-hydrogen) atoms. The van der Waals surface area contributed by atoms with Crippen molar-refractivity contribution in [2.24, 2.45) is 5.92 Å². The fourth-order valence-electron chi connectivity index (χ4n) is 3.46. The van der Waals surface area contributed by atoms with E-state index in [1.165, 1.54) is 6.33 Å². The average molecular weight is 338 g/mol. The Hall–Kier alpha value is -1.39. The third-order valence-electron chi connectivity index (χ3n) is 4.81. The maximum absolute atomic E-state index is 11.1. The van der Waals surface area contributed by atoms with Crippen LogP contribution in [-0.2, 0) is 4.74 Å². The summed E-state index contributed by atoms with van der Waals surface area (Å²) in [7, 11) is 0. The molecule has 2 aromatic rings. The first kappa shape index (κ1) is 15.2. The summed E-state index contributed by atoms with van der Waals surface area (Å²) < 4.78 is 7.67. The number of nitrogens with zero attached hydrogens (tertiary/aromatic N) is 3. The largest absolute Gasteiger partial charge is 0.394 e. The van der Waals surface area contributed by atoms with Gasteiger partial charge in [0.2, 0.25) is 0 Å². The molecular formula is C14H18N4O4S. The summed E-state index contributed by atoms with van der Waals surface area (Å²) in [6, 6.07) is 0. The molecule has 0 spiro atoms. The quantitative estimate of drug-likeness (QED) is 0.590. The van der Waals surface area contributed by atoms with Crippen LogP contribution in [0.5, 0.6) is 0 Å². The van der Waals surface area contributed by atoms with Gasteiger partial charge < -0.3 is 25.0 Å². The van der Waals surface area contributed by atoms with E-state index >= 15 is 0 Å². The number of aromatic nitrogens is 4. The Balaban J connectivity index is 1.87. The fraction of sp³-hybridized carbons (Fsp3) is 0.643. The minimum Gasteiger partial charge on any atom is -0.394 e. The monoisotopic (exact) mass is 338 g/mol. The maximum Gasteiger partial charge on any atom is 0.199 e. The van der Waals surface area contributed by atoms with Crippen LogP contribution in [0, 0.1) is 17.6 Å². The van der Waals surface area contributed by atoms with Gasteiger partial charge in [-0.3, -0.25) is 4.57 Å². The highest BCUT2D eigenvalue weighted by Crippen LogP contribution is 2.52. The number of imidazole rings is 1. The van der Waals surface area contributed by atoms with Crippen LogP contribution >= 0.6 is 12.2 Å². The van der Waals surface area contributed by atoms with Crippen LogP contribution in [0.4, 0.5) is 0 Å². The van der Waals surface area contributed by atoms with E-state index in [2.05, 4.69) is 15.0 Å². The van der Waals surface area contributed by atoms with Crippen molar-refractivity contribution in [2.75, 3.05) is 6.61 Å². The molecule has 8 nitrogen and oxygen atoms in total. The Morgan fingerprint density at radius 2 is 2.26 bits per heavy atom. The number of hydrogen-bond donors (Lipinski definition) is 4. The first-order valence-corrected chi connectivity index (χ1v) is 7.97. The summed E-state index contributed by atoms with van der Waals surface area (Å²) in [6.07, 6.45) is 0.271. The summed E-state index contributed by atoms with van der Waals surface area (Å²) in [5.74, 6) is -0.0733. The number of fused-ring (bicyclic) bond motifs is 1. The molecule has 0 aromatic carbocycles. The van der Waals surface area contributed by atoms with Crippen LogP contribution in [0.2, 0.25) is 0 Å². The zero-order valence-corrected chi connectivity index (χ0v) is 13.3. The van der Waals surface area contributed by atoms with Crippen LogP contribution in [0.15, 0.2) is 6.33 Å². The first-order valence-electron chi connectivity index (χ1n) is 7.57. The van der Waals surface area contributed by atoms with Gasteiger partial charge in [0.1, 0.15) is 23.3 Å². The van der Waals surface area contributed by atoms with Gasteiger partial charge in [-0.25, -0.2) is 4.98 Å². The highest BCUT2D eigenvalue weighted by atomic mass is 32.1. The molecule has 0 bridgehead atoms. The van der Waals surface area contributed by atoms with Gasteiger partial charge in [-0.2, -0.15) is 4.98 Å². The lowest BCUT2D eigenvalue weighted by molar-refractivity contribution is -0.121. The Bertz CT molecular complexity index is 817. The number of aliphatic hydroxyl groups is 3. The minimum absolute atomic E-state index is 0.0733. The topological polar surface area (TPSA) is 116 Å². The lowest BCUT2D eigenvalue weighted by Crippen LogP contribution is -2.48. The Morgan fingerprint density at radius 1 is 1.52 bits per heavy atom. The molecule has 4 atom stereocenters. The van der Waals surface area contributed by atoms with Crippen molar-refractivity contribution >= 4 is 23.4 Å². The number of aliphatic hydroxyl groups excluding tert-OH is 2. The summed E-state index contributed by atoms with van der Waals surface area (Å²) in [4.78, 5) is 11.5. The second kappa shape index (κ2) is 5.05. The number of hydrogen-bond acceptors (Lipinski definition) is 7. The molecule has 1 saturated heterocycles. The molecular weight excluding hydrogens is 320 g/mol. The summed E-state index contributed by atoms with van der Waals surface area (Å²) in [6.45, 7) is 1.47. The highest BCUT2D eigenvalue weighted by molar-refractivity contribution is 7.71. The SMILES string of the molecule is Cc1[nH]c(=S)nc2c1ncn2[C@@H]1O[C@H](CO)[C@@H](O)[C@]1(O)C1CC1. The molecule has 0 unspecified atom stereocenters. The smallest absolute Gasteiger partial charge is 0.199 e. The zero-order chi connectivity index (χ0) is 16.4. The maximum atomic E-state index is 11.1. The molecule has 1 aliphatic carbocycles. The summed E-state index contributed by atoms with van der Waals surface area (Å²) in [5.41, 5.74) is 0.409. The van der Waals surface area contributed by atoms with E-state index in [0.717, 1.165) is 18.5 Å². The van der Waals surface area contributed by atoms with Gasteiger partial charge in [0.05, 0.1) is 12.9 Å². The van der Waals surface area contributed by atoms with E-state index in [0.29, 0.717) is 15.9 Å². The molecule has 1 aliphatic heterocycles. The van der Waals surface area contributed by atoms with Crippen molar-refractivity contribution in [3.8, 4) is 0 Å². The van der Waals surface area contributed by atoms with Crippen molar-refractivity contribution in [3.05, 3.63) is 16.8 Å². The molecule has 2 aromatic heterocycles. The second-order valence-electron chi connectivity index (χ2n) is 6.31. The molecule has 4 rings (SSSR count). The third-order valence-corrected chi connectivity index (χ3v) is 5.01. The molecule has 4 N–H and O–H groups in total. The lowest BCUT2D eigenvalue weighted by Gasteiger charge is -2.31. The van der Waals surface area contributed by atoms with Gasteiger partial charge in [0, 0.05) is 5.69 Å². The molecule has 3 heterocycles. The van der Waals surface area contributed by atoms with E-state index in [4.69, 9.17) is 17.0 Å². The predicted octanol–water partition coefficient (Wildman–Crippen LogP) is 0.189. The molecule has 1 saturated carbocycles. The number of ether oxygens (including phenoxy) is 1. The zero-order valence-electron chi connectivity index (χ0n) is 12.5. The van der Waals surface area contributed by atoms with Gasteiger partial charge in [0.15, 0.2) is 16.6 Å². The third kappa shape index (κ3) is 2.08. The summed E-state index contributed by atoms with van der Waals surface area (Å²) in [5, 5.41) is 31.0. The van der Waals surface area contributed by atoms with Crippen molar-refractivity contribution < 1.29 is 20.1 Å². The number of H-pyrrole nitrogens is 1. The standard InChI is InChI=1S/C14H18N4O4S/c1-6-9-11(17-13(23)16-6)18(5-15-9)12-14(21,7-2-3-7)10(20)8(4-19)22-12/h5,7-8,10,12,19-21H,2-4H2,1H3,(H,16,17,23)/t8-,10-,12-,14-/m1/s1. The van der Waals surface area contributed by atoms with Gasteiger partial charge in [0.25, 0.3) is 0 Å². The number of aryl methyl sites for hydroxylation is 1. The average Bonchev–Trinajstić information content (AvgIpc) is 3.24. The van der Waals surface area contributed by atoms with E-state index in [-0.39, 0.29) is 12.5 Å². The Labute approximate surface area is 136 Å². The van der Waals surface area contributed by atoms with Gasteiger partial charge >= 0.3 is 0 Å². The Kier molecular flexibility index (Phi) is 3.33. The van der Waals surface area contributed by atoms with E-state index < -0.39 is 24.0 Å². The van der Waals surface area contributed by atoms with Crippen molar-refractivity contribution in [1.29, 1.82) is 0 Å². The van der Waals surface area contributed by atoms with E-state index in [1.807, 2.05) is 6.92 Å². The number of rotatable bonds is 3. The van der Waals surface area contributed by atoms with Crippen LogP contribution < -0.4 is 0 Å². The second-order valence-corrected chi connectivity index (χ2v) is 6.69. The summed E-state index contributed by atoms with van der Waals surface area (Å²) >= 11 is 5.12. The number of aromatic amines is 1. The molecule has 0 amide bonds. The Morgan fingerprint density at radius 3 is 2.91 bits per heavy atom. The molecule has 2 fully saturated rings. The molecule has 0 radical (unpaired) electrons. The minimum atomic E-state index is -1.47. The molecule has 9 heteroatoms. The predicted molar refractivity (Wildman–Crippen MR) is 82.1 cm³/mol. The first-order chi connectivity index (χ1) is 11.0. The molecule has 2 aliphatic rings. The fourth-order valence-corrected chi connectivity index (χ4v) is 3.70. The van der Waals surface area contributed by atoms with E-state index in [9.17, 15) is 15.3 Å². The van der Waals surface area contributed by atoms with Crippen LogP contribution in [0.25, 0.3) is 11.2 Å². The van der Waals surface area contributed by atoms with E-state index in [1.54, 1.807) is 4.57 Å². The van der Waals surface area contributed by atoms with Crippen molar-refractivity contribution in [3.63, 3.8) is 0 Å². The van der Waals surface area contributed by atoms with Gasteiger partial charge in [-0.1, -0.05) is 0 Å². The molecule has 124 valence electrons. The van der Waals surface area contributed by atoms with Crippen LogP contribution in [0.3, 0.4) is 0 Å². The normalized spacial score (nSPS) is 34.3.